The molecule has 2 aromatic heterocycles. The smallest absolute Gasteiger partial charge is 0.277 e. The summed E-state index contributed by atoms with van der Waals surface area (Å²) in [7, 11) is -3.62. The lowest BCUT2D eigenvalue weighted by molar-refractivity contribution is -0.118. The number of hydrogen-bond acceptors (Lipinski definition) is 8. The van der Waals surface area contributed by atoms with Gasteiger partial charge in [-0.1, -0.05) is 23.9 Å². The second kappa shape index (κ2) is 9.83. The van der Waals surface area contributed by atoms with Gasteiger partial charge < -0.3 is 9.73 Å². The van der Waals surface area contributed by atoms with Gasteiger partial charge in [-0.2, -0.15) is 0 Å². The summed E-state index contributed by atoms with van der Waals surface area (Å²) >= 11 is 2.60. The summed E-state index contributed by atoms with van der Waals surface area (Å²) in [5.41, 5.74) is 0.581. The summed E-state index contributed by atoms with van der Waals surface area (Å²) in [6.07, 6.45) is 1.59. The van der Waals surface area contributed by atoms with Crippen molar-refractivity contribution >= 4 is 39.0 Å². The van der Waals surface area contributed by atoms with Gasteiger partial charge in [-0.25, -0.2) is 13.1 Å². The molecule has 11 heteroatoms. The first-order valence-corrected chi connectivity index (χ1v) is 11.8. The summed E-state index contributed by atoms with van der Waals surface area (Å²) in [4.78, 5) is 12.7. The minimum Gasteiger partial charge on any atom is -0.411 e. The van der Waals surface area contributed by atoms with E-state index in [1.54, 1.807) is 18.2 Å². The molecule has 8 nitrogen and oxygen atoms in total. The molecule has 0 aliphatic carbocycles. The van der Waals surface area contributed by atoms with Gasteiger partial charge >= 0.3 is 0 Å². The van der Waals surface area contributed by atoms with E-state index in [4.69, 9.17) is 4.42 Å². The lowest BCUT2D eigenvalue weighted by atomic mass is 10.2. The molecule has 0 bridgehead atoms. The third-order valence-corrected chi connectivity index (χ3v) is 6.72. The average Bonchev–Trinajstić information content (AvgIpc) is 3.41. The number of benzene rings is 1. The summed E-state index contributed by atoms with van der Waals surface area (Å²) in [6, 6.07) is 9.88. The lowest BCUT2D eigenvalue weighted by Crippen LogP contribution is -2.24. The van der Waals surface area contributed by atoms with Gasteiger partial charge in [0, 0.05) is 23.5 Å². The largest absolute Gasteiger partial charge is 0.411 e. The first-order valence-electron chi connectivity index (χ1n) is 8.44. The van der Waals surface area contributed by atoms with Crippen LogP contribution in [0.2, 0.25) is 0 Å². The number of carbonyl (C=O) groups is 1. The van der Waals surface area contributed by atoms with Crippen LogP contribution in [0.15, 0.2) is 69.0 Å². The molecule has 0 unspecified atom stereocenters. The molecule has 1 amide bonds. The van der Waals surface area contributed by atoms with E-state index >= 15 is 0 Å². The van der Waals surface area contributed by atoms with Crippen molar-refractivity contribution in [3.05, 3.63) is 59.3 Å². The maximum Gasteiger partial charge on any atom is 0.277 e. The SMILES string of the molecule is C=CCNC(=O)CSc1nnc(-c2ccc(S(=O)(=O)NCc3cccs3)cc2)o1. The van der Waals surface area contributed by atoms with Crippen LogP contribution in [-0.4, -0.2) is 36.8 Å². The zero-order valence-corrected chi connectivity index (χ0v) is 17.6. The van der Waals surface area contributed by atoms with Gasteiger partial charge in [0.1, 0.15) is 0 Å². The predicted octanol–water partition coefficient (Wildman–Crippen LogP) is 2.67. The molecule has 0 atom stereocenters. The van der Waals surface area contributed by atoms with Crippen LogP contribution < -0.4 is 10.0 Å². The molecular weight excluding hydrogens is 432 g/mol. The third kappa shape index (κ3) is 6.00. The molecule has 2 N–H and O–H groups in total. The number of hydrogen-bond donors (Lipinski definition) is 2. The number of rotatable bonds is 10. The Balaban J connectivity index is 1.60. The van der Waals surface area contributed by atoms with Crippen LogP contribution in [-0.2, 0) is 21.4 Å². The zero-order chi connectivity index (χ0) is 20.7. The molecule has 3 rings (SSSR count). The summed E-state index contributed by atoms with van der Waals surface area (Å²) in [5.74, 6) is 0.219. The minimum atomic E-state index is -3.62. The van der Waals surface area contributed by atoms with Crippen molar-refractivity contribution in [3.8, 4) is 11.5 Å². The van der Waals surface area contributed by atoms with Crippen LogP contribution in [0.25, 0.3) is 11.5 Å². The molecule has 1 aromatic carbocycles. The summed E-state index contributed by atoms with van der Waals surface area (Å²) in [5, 5.41) is 12.6. The van der Waals surface area contributed by atoms with Crippen LogP contribution >= 0.6 is 23.1 Å². The summed E-state index contributed by atoms with van der Waals surface area (Å²) < 4.78 is 32.9. The Morgan fingerprint density at radius 3 is 2.72 bits per heavy atom. The summed E-state index contributed by atoms with van der Waals surface area (Å²) in [6.45, 7) is 4.16. The van der Waals surface area contributed by atoms with Crippen molar-refractivity contribution < 1.29 is 17.6 Å². The fourth-order valence-corrected chi connectivity index (χ4v) is 4.52. The molecule has 0 saturated carbocycles. The lowest BCUT2D eigenvalue weighted by Gasteiger charge is -2.06. The average molecular weight is 451 g/mol. The second-order valence-electron chi connectivity index (χ2n) is 5.68. The molecule has 2 heterocycles. The number of amides is 1. The van der Waals surface area contributed by atoms with E-state index in [0.717, 1.165) is 16.6 Å². The number of nitrogens with zero attached hydrogens (tertiary/aromatic N) is 2. The first-order chi connectivity index (χ1) is 14.0. The number of aromatic nitrogens is 2. The highest BCUT2D eigenvalue weighted by molar-refractivity contribution is 7.99. The topological polar surface area (TPSA) is 114 Å². The quantitative estimate of drug-likeness (QED) is 0.360. The van der Waals surface area contributed by atoms with Crippen LogP contribution in [0.4, 0.5) is 0 Å². The molecule has 0 saturated heterocycles. The number of carbonyl (C=O) groups excluding carboxylic acids is 1. The Morgan fingerprint density at radius 2 is 2.03 bits per heavy atom. The Labute approximate surface area is 176 Å². The molecule has 0 fully saturated rings. The third-order valence-electron chi connectivity index (χ3n) is 3.60. The van der Waals surface area contributed by atoms with Gasteiger partial charge in [0.15, 0.2) is 0 Å². The van der Waals surface area contributed by atoms with Gasteiger partial charge in [-0.3, -0.25) is 4.79 Å². The predicted molar refractivity (Wildman–Crippen MR) is 112 cm³/mol. The van der Waals surface area contributed by atoms with E-state index in [2.05, 4.69) is 26.8 Å². The fourth-order valence-electron chi connectivity index (χ4n) is 2.19. The Bertz CT molecular complexity index is 1060. The van der Waals surface area contributed by atoms with E-state index in [9.17, 15) is 13.2 Å². The van der Waals surface area contributed by atoms with Gasteiger partial charge in [-0.15, -0.1) is 28.1 Å². The number of thioether (sulfide) groups is 1. The molecular formula is C18H18N4O4S3. The maximum absolute atomic E-state index is 12.4. The standard InChI is InChI=1S/C18H18N4O4S3/c1-2-9-19-16(23)12-28-18-22-21-17(26-18)13-5-7-15(8-6-13)29(24,25)20-11-14-4-3-10-27-14/h2-8,10,20H,1,9,11-12H2,(H,19,23). The van der Waals surface area contributed by atoms with E-state index in [1.807, 2.05) is 17.5 Å². The van der Waals surface area contributed by atoms with Gasteiger partial charge in [0.05, 0.1) is 10.6 Å². The Hall–Kier alpha value is -2.47. The first kappa shape index (κ1) is 21.2. The maximum atomic E-state index is 12.4. The number of nitrogens with one attached hydrogen (secondary N) is 2. The minimum absolute atomic E-state index is 0.141. The molecule has 3 aromatic rings. The molecule has 0 aliphatic rings. The van der Waals surface area contributed by atoms with Gasteiger partial charge in [0.25, 0.3) is 5.22 Å². The highest BCUT2D eigenvalue weighted by Crippen LogP contribution is 2.24. The number of sulfonamides is 1. The molecule has 29 heavy (non-hydrogen) atoms. The second-order valence-corrected chi connectivity index (χ2v) is 9.41. The van der Waals surface area contributed by atoms with Crippen molar-refractivity contribution in [2.24, 2.45) is 0 Å². The van der Waals surface area contributed by atoms with E-state index in [1.165, 1.54) is 23.5 Å². The van der Waals surface area contributed by atoms with Gasteiger partial charge in [0.2, 0.25) is 21.8 Å². The molecule has 0 spiro atoms. The highest BCUT2D eigenvalue weighted by Gasteiger charge is 2.16. The van der Waals surface area contributed by atoms with Crippen molar-refractivity contribution in [2.45, 2.75) is 16.7 Å². The highest BCUT2D eigenvalue weighted by atomic mass is 32.2. The van der Waals surface area contributed by atoms with Crippen molar-refractivity contribution in [3.63, 3.8) is 0 Å². The Kier molecular flexibility index (Phi) is 7.20. The van der Waals surface area contributed by atoms with Crippen LogP contribution in [0, 0.1) is 0 Å². The van der Waals surface area contributed by atoms with E-state index < -0.39 is 10.0 Å². The van der Waals surface area contributed by atoms with Crippen LogP contribution in [0.3, 0.4) is 0 Å². The monoisotopic (exact) mass is 450 g/mol. The molecule has 0 aliphatic heterocycles. The van der Waals surface area contributed by atoms with Crippen molar-refractivity contribution in [2.75, 3.05) is 12.3 Å². The molecule has 152 valence electrons. The van der Waals surface area contributed by atoms with Crippen molar-refractivity contribution in [1.82, 2.24) is 20.2 Å². The van der Waals surface area contributed by atoms with Crippen LogP contribution in [0.1, 0.15) is 4.88 Å². The number of thiophene rings is 1. The normalized spacial score (nSPS) is 11.3. The van der Waals surface area contributed by atoms with E-state index in [0.29, 0.717) is 12.1 Å². The molecule has 0 radical (unpaired) electrons. The van der Waals surface area contributed by atoms with E-state index in [-0.39, 0.29) is 34.2 Å². The fraction of sp³-hybridized carbons (Fsp3) is 0.167. The van der Waals surface area contributed by atoms with Crippen LogP contribution in [0.5, 0.6) is 0 Å². The Morgan fingerprint density at radius 1 is 1.24 bits per heavy atom. The van der Waals surface area contributed by atoms with Gasteiger partial charge in [-0.05, 0) is 35.7 Å². The van der Waals surface area contributed by atoms with Crippen molar-refractivity contribution in [1.29, 1.82) is 0 Å². The zero-order valence-electron chi connectivity index (χ0n) is 15.2.